The third kappa shape index (κ3) is 5.50. The number of carbonyl (C=O) groups is 3. The first-order chi connectivity index (χ1) is 16.9. The second-order valence-corrected chi connectivity index (χ2v) is 9.61. The van der Waals surface area contributed by atoms with E-state index in [0.717, 1.165) is 0 Å². The number of carbonyl (C=O) groups excluding carboxylic acids is 2. The fourth-order valence-corrected chi connectivity index (χ4v) is 5.39. The summed E-state index contributed by atoms with van der Waals surface area (Å²) in [6, 6.07) is 16.2. The zero-order valence-corrected chi connectivity index (χ0v) is 20.4. The number of aliphatic carboxylic acids is 1. The van der Waals surface area contributed by atoms with Crippen molar-refractivity contribution in [3.8, 4) is 11.1 Å². The van der Waals surface area contributed by atoms with Gasteiger partial charge in [-0.15, -0.1) is 0 Å². The number of hydrogen-bond donors (Lipinski definition) is 2. The zero-order valence-electron chi connectivity index (χ0n) is 20.4. The van der Waals surface area contributed by atoms with Crippen molar-refractivity contribution in [3.05, 3.63) is 59.7 Å². The average Bonchev–Trinajstić information content (AvgIpc) is 3.18. The topological polar surface area (TPSA) is 95.9 Å². The Balaban J connectivity index is 1.27. The highest BCUT2D eigenvalue weighted by atomic mass is 16.5. The number of carboxylic acid groups (broad SMARTS) is 1. The lowest BCUT2D eigenvalue weighted by molar-refractivity contribution is -0.147. The summed E-state index contributed by atoms with van der Waals surface area (Å²) < 4.78 is 5.65. The van der Waals surface area contributed by atoms with Crippen LogP contribution < -0.4 is 5.32 Å². The summed E-state index contributed by atoms with van der Waals surface area (Å²) in [5.74, 6) is -1.16. The Hall–Kier alpha value is -3.35. The number of likely N-dealkylation sites (tertiary alicyclic amines) is 1. The van der Waals surface area contributed by atoms with Crippen LogP contribution >= 0.6 is 0 Å². The van der Waals surface area contributed by atoms with Crippen molar-refractivity contribution in [2.75, 3.05) is 13.2 Å². The normalized spacial score (nSPS) is 20.0. The largest absolute Gasteiger partial charge is 0.481 e. The molecule has 7 nitrogen and oxygen atoms in total. The molecule has 1 heterocycles. The molecule has 1 aliphatic carbocycles. The van der Waals surface area contributed by atoms with E-state index < -0.39 is 12.1 Å². The summed E-state index contributed by atoms with van der Waals surface area (Å²) in [4.78, 5) is 38.4. The predicted octanol–water partition coefficient (Wildman–Crippen LogP) is 4.80. The number of nitrogens with one attached hydrogen (secondary N) is 1. The Labute approximate surface area is 206 Å². The zero-order chi connectivity index (χ0) is 24.9. The molecule has 2 N–H and O–H groups in total. The first-order valence-electron chi connectivity index (χ1n) is 12.5. The van der Waals surface area contributed by atoms with Crippen LogP contribution in [0.15, 0.2) is 48.5 Å². The molecule has 2 amide bonds. The Bertz CT molecular complexity index is 1040. The molecule has 2 aromatic carbocycles. The van der Waals surface area contributed by atoms with E-state index in [1.807, 2.05) is 38.1 Å². The molecule has 2 aromatic rings. The number of hydrogen-bond acceptors (Lipinski definition) is 4. The highest BCUT2D eigenvalue weighted by molar-refractivity contribution is 5.79. The molecule has 0 radical (unpaired) electrons. The van der Waals surface area contributed by atoms with Gasteiger partial charge in [-0.25, -0.2) is 4.79 Å². The SMILES string of the molecule is CCC(CCC(=O)N1CCC(C(=O)O)CC1C)NC(=O)OCC1c2ccccc2-c2ccccc21. The third-order valence-corrected chi connectivity index (χ3v) is 7.41. The Morgan fingerprint density at radius 2 is 1.71 bits per heavy atom. The van der Waals surface area contributed by atoms with E-state index in [0.29, 0.717) is 38.6 Å². The smallest absolute Gasteiger partial charge is 0.407 e. The summed E-state index contributed by atoms with van der Waals surface area (Å²) in [6.45, 7) is 4.60. The van der Waals surface area contributed by atoms with Gasteiger partial charge in [-0.3, -0.25) is 9.59 Å². The predicted molar refractivity (Wildman–Crippen MR) is 133 cm³/mol. The van der Waals surface area contributed by atoms with Crippen molar-refractivity contribution < 1.29 is 24.2 Å². The van der Waals surface area contributed by atoms with Gasteiger partial charge in [0.05, 0.1) is 5.92 Å². The van der Waals surface area contributed by atoms with Crippen LogP contribution in [0.2, 0.25) is 0 Å². The second kappa shape index (κ2) is 10.9. The van der Waals surface area contributed by atoms with Crippen molar-refractivity contribution in [2.24, 2.45) is 5.92 Å². The van der Waals surface area contributed by atoms with Crippen LogP contribution in [0.3, 0.4) is 0 Å². The van der Waals surface area contributed by atoms with E-state index in [2.05, 4.69) is 29.6 Å². The third-order valence-electron chi connectivity index (χ3n) is 7.41. The lowest BCUT2D eigenvalue weighted by atomic mass is 9.91. The standard InChI is InChI=1S/C28H34N2O5/c1-3-20(12-13-26(31)30-15-14-19(27(32)33)16-18(30)2)29-28(34)35-17-25-23-10-6-4-8-21(23)22-9-5-7-11-24(22)25/h4-11,18-20,25H,3,12-17H2,1-2H3,(H,29,34)(H,32,33). The number of piperidine rings is 1. The highest BCUT2D eigenvalue weighted by Crippen LogP contribution is 2.44. The average molecular weight is 479 g/mol. The first kappa shape index (κ1) is 24.8. The molecule has 1 fully saturated rings. The van der Waals surface area contributed by atoms with E-state index in [-0.39, 0.29) is 36.4 Å². The summed E-state index contributed by atoms with van der Waals surface area (Å²) in [6.07, 6.45) is 2.02. The van der Waals surface area contributed by atoms with Crippen LogP contribution in [0.25, 0.3) is 11.1 Å². The second-order valence-electron chi connectivity index (χ2n) is 9.61. The summed E-state index contributed by atoms with van der Waals surface area (Å²) >= 11 is 0. The van der Waals surface area contributed by atoms with Crippen LogP contribution in [0.1, 0.15) is 63.0 Å². The van der Waals surface area contributed by atoms with Crippen molar-refractivity contribution >= 4 is 18.0 Å². The van der Waals surface area contributed by atoms with Gasteiger partial charge < -0.3 is 20.1 Å². The van der Waals surface area contributed by atoms with Gasteiger partial charge in [0.15, 0.2) is 0 Å². The molecule has 4 rings (SSSR count). The molecular formula is C28H34N2O5. The molecular weight excluding hydrogens is 444 g/mol. The van der Waals surface area contributed by atoms with Gasteiger partial charge in [-0.05, 0) is 54.9 Å². The summed E-state index contributed by atoms with van der Waals surface area (Å²) in [7, 11) is 0. The van der Waals surface area contributed by atoms with Gasteiger partial charge in [0.25, 0.3) is 0 Å². The molecule has 3 unspecified atom stereocenters. The highest BCUT2D eigenvalue weighted by Gasteiger charge is 2.32. The van der Waals surface area contributed by atoms with Gasteiger partial charge in [0, 0.05) is 31.0 Å². The van der Waals surface area contributed by atoms with Crippen LogP contribution in [-0.4, -0.2) is 53.2 Å². The number of rotatable bonds is 8. The fourth-order valence-electron chi connectivity index (χ4n) is 5.39. The number of carboxylic acids is 1. The minimum atomic E-state index is -0.790. The number of alkyl carbamates (subject to hydrolysis) is 1. The number of ether oxygens (including phenoxy) is 1. The van der Waals surface area contributed by atoms with Gasteiger partial charge in [0.1, 0.15) is 6.61 Å². The van der Waals surface area contributed by atoms with Gasteiger partial charge in [-0.2, -0.15) is 0 Å². The minimum Gasteiger partial charge on any atom is -0.481 e. The molecule has 2 aliphatic rings. The molecule has 0 spiro atoms. The molecule has 0 saturated carbocycles. The van der Waals surface area contributed by atoms with E-state index in [1.54, 1.807) is 4.90 Å². The van der Waals surface area contributed by atoms with Crippen molar-refractivity contribution in [1.29, 1.82) is 0 Å². The molecule has 1 aliphatic heterocycles. The molecule has 1 saturated heterocycles. The lowest BCUT2D eigenvalue weighted by Gasteiger charge is -2.36. The quantitative estimate of drug-likeness (QED) is 0.568. The Morgan fingerprint density at radius 1 is 1.09 bits per heavy atom. The summed E-state index contributed by atoms with van der Waals surface area (Å²) in [5.41, 5.74) is 4.70. The first-order valence-corrected chi connectivity index (χ1v) is 12.5. The molecule has 35 heavy (non-hydrogen) atoms. The maximum atomic E-state index is 12.8. The monoisotopic (exact) mass is 478 g/mol. The van der Waals surface area contributed by atoms with Crippen LogP contribution in [-0.2, 0) is 14.3 Å². The van der Waals surface area contributed by atoms with Crippen molar-refractivity contribution in [1.82, 2.24) is 10.2 Å². The van der Waals surface area contributed by atoms with Crippen LogP contribution in [0.4, 0.5) is 4.79 Å². The number of nitrogens with zero attached hydrogens (tertiary/aromatic N) is 1. The Morgan fingerprint density at radius 3 is 2.29 bits per heavy atom. The van der Waals surface area contributed by atoms with Crippen molar-refractivity contribution in [3.63, 3.8) is 0 Å². The van der Waals surface area contributed by atoms with E-state index in [9.17, 15) is 19.5 Å². The fraction of sp³-hybridized carbons (Fsp3) is 0.464. The van der Waals surface area contributed by atoms with Gasteiger partial charge >= 0.3 is 12.1 Å². The number of amides is 2. The molecule has 7 heteroatoms. The van der Waals surface area contributed by atoms with Crippen molar-refractivity contribution in [2.45, 2.75) is 64.0 Å². The number of fused-ring (bicyclic) bond motifs is 3. The number of benzene rings is 2. The maximum absolute atomic E-state index is 12.8. The minimum absolute atomic E-state index is 0.00465. The molecule has 3 atom stereocenters. The van der Waals surface area contributed by atoms with E-state index in [4.69, 9.17) is 4.74 Å². The summed E-state index contributed by atoms with van der Waals surface area (Å²) in [5, 5.41) is 12.1. The van der Waals surface area contributed by atoms with Crippen LogP contribution in [0.5, 0.6) is 0 Å². The van der Waals surface area contributed by atoms with Crippen LogP contribution in [0, 0.1) is 5.92 Å². The maximum Gasteiger partial charge on any atom is 0.407 e. The Kier molecular flexibility index (Phi) is 7.73. The van der Waals surface area contributed by atoms with E-state index in [1.165, 1.54) is 22.3 Å². The van der Waals surface area contributed by atoms with E-state index >= 15 is 0 Å². The lowest BCUT2D eigenvalue weighted by Crippen LogP contribution is -2.46. The molecule has 186 valence electrons. The molecule has 0 bridgehead atoms. The molecule has 0 aromatic heterocycles. The van der Waals surface area contributed by atoms with Gasteiger partial charge in [-0.1, -0.05) is 55.5 Å². The van der Waals surface area contributed by atoms with Gasteiger partial charge in [0.2, 0.25) is 5.91 Å².